The summed E-state index contributed by atoms with van der Waals surface area (Å²) < 4.78 is 24.8. The van der Waals surface area contributed by atoms with Crippen molar-refractivity contribution in [1.82, 2.24) is 5.32 Å². The van der Waals surface area contributed by atoms with E-state index < -0.39 is 18.1 Å². The van der Waals surface area contributed by atoms with Gasteiger partial charge in [-0.15, -0.1) is 0 Å². The fraction of sp³-hybridized carbons (Fsp3) is 0.455. The Morgan fingerprint density at radius 1 is 1.35 bits per heavy atom. The molecule has 96 valence electrons. The van der Waals surface area contributed by atoms with Crippen molar-refractivity contribution in [1.29, 1.82) is 0 Å². The van der Waals surface area contributed by atoms with Crippen LogP contribution in [0.5, 0.6) is 0 Å². The molecule has 1 aromatic carbocycles. The van der Waals surface area contributed by atoms with Crippen LogP contribution in [0.4, 0.5) is 4.39 Å². The summed E-state index contributed by atoms with van der Waals surface area (Å²) in [6.07, 6.45) is -0.591. The van der Waals surface area contributed by atoms with Crippen LogP contribution in [0.25, 0.3) is 0 Å². The maximum Gasteiger partial charge on any atom is 0.176 e. The number of methoxy groups -OCH3 is 2. The van der Waals surface area contributed by atoms with E-state index in [1.807, 2.05) is 0 Å². The lowest BCUT2D eigenvalue weighted by molar-refractivity contribution is -0.123. The number of ether oxygens (including phenoxy) is 2. The summed E-state index contributed by atoms with van der Waals surface area (Å²) in [5.74, 6) is -0.487. The van der Waals surface area contributed by atoms with Gasteiger partial charge in [0.2, 0.25) is 0 Å². The zero-order chi connectivity index (χ0) is 13.0. The van der Waals surface area contributed by atoms with Gasteiger partial charge in [0.25, 0.3) is 0 Å². The van der Waals surface area contributed by atoms with Crippen LogP contribution < -0.4 is 5.32 Å². The Hall–Kier alpha value is -0.200. The van der Waals surface area contributed by atoms with E-state index in [1.165, 1.54) is 14.2 Å². The van der Waals surface area contributed by atoms with Gasteiger partial charge >= 0.3 is 0 Å². The smallest absolute Gasteiger partial charge is 0.176 e. The molecule has 0 saturated heterocycles. The fourth-order valence-electron chi connectivity index (χ4n) is 1.59. The molecule has 0 fully saturated rings. The lowest BCUT2D eigenvalue weighted by Gasteiger charge is -2.25. The number of hydrogen-bond acceptors (Lipinski definition) is 3. The van der Waals surface area contributed by atoms with Crippen molar-refractivity contribution in [2.75, 3.05) is 21.3 Å². The van der Waals surface area contributed by atoms with Crippen LogP contribution in [0.3, 0.4) is 0 Å². The molecule has 6 heteroatoms. The van der Waals surface area contributed by atoms with Crippen LogP contribution in [0.2, 0.25) is 5.02 Å². The quantitative estimate of drug-likeness (QED) is 0.666. The predicted octanol–water partition coefficient (Wildman–Crippen LogP) is 3.12. The van der Waals surface area contributed by atoms with Gasteiger partial charge in [-0.25, -0.2) is 4.39 Å². The minimum atomic E-state index is -0.591. The summed E-state index contributed by atoms with van der Waals surface area (Å²) in [7, 11) is 4.69. The molecule has 1 rings (SSSR count). The van der Waals surface area contributed by atoms with Gasteiger partial charge < -0.3 is 14.8 Å². The van der Waals surface area contributed by atoms with Crippen LogP contribution in [-0.4, -0.2) is 27.6 Å². The van der Waals surface area contributed by atoms with Gasteiger partial charge in [-0.05, 0) is 29.0 Å². The zero-order valence-electron chi connectivity index (χ0n) is 9.76. The number of rotatable bonds is 5. The number of nitrogens with one attached hydrogen (secondary N) is 1. The highest BCUT2D eigenvalue weighted by Crippen LogP contribution is 2.32. The molecule has 0 amide bonds. The maximum atomic E-state index is 14.0. The molecule has 0 saturated carbocycles. The first-order valence-corrected chi connectivity index (χ1v) is 6.10. The van der Waals surface area contributed by atoms with Crippen molar-refractivity contribution in [2.45, 2.75) is 12.3 Å². The SMILES string of the molecule is CNC(c1ccc(Br)c(Cl)c1F)C(OC)OC. The lowest BCUT2D eigenvalue weighted by Crippen LogP contribution is -2.33. The van der Waals surface area contributed by atoms with Crippen molar-refractivity contribution < 1.29 is 13.9 Å². The van der Waals surface area contributed by atoms with Crippen molar-refractivity contribution >= 4 is 27.5 Å². The van der Waals surface area contributed by atoms with E-state index >= 15 is 0 Å². The molecule has 0 aliphatic carbocycles. The number of benzene rings is 1. The van der Waals surface area contributed by atoms with Crippen molar-refractivity contribution in [2.24, 2.45) is 0 Å². The molecule has 1 N–H and O–H groups in total. The Kier molecular flexibility index (Phi) is 5.82. The first-order chi connectivity index (χ1) is 8.06. The molecule has 3 nitrogen and oxygen atoms in total. The van der Waals surface area contributed by atoms with Gasteiger partial charge in [0.15, 0.2) is 6.29 Å². The topological polar surface area (TPSA) is 30.5 Å². The Labute approximate surface area is 113 Å². The van der Waals surface area contributed by atoms with E-state index in [-0.39, 0.29) is 5.02 Å². The highest BCUT2D eigenvalue weighted by molar-refractivity contribution is 9.10. The minimum absolute atomic E-state index is 0.0497. The minimum Gasteiger partial charge on any atom is -0.354 e. The van der Waals surface area contributed by atoms with E-state index in [4.69, 9.17) is 21.1 Å². The first-order valence-electron chi connectivity index (χ1n) is 4.93. The molecule has 0 heterocycles. The Balaban J connectivity index is 3.16. The summed E-state index contributed by atoms with van der Waals surface area (Å²) in [6.45, 7) is 0. The van der Waals surface area contributed by atoms with E-state index in [1.54, 1.807) is 19.2 Å². The Morgan fingerprint density at radius 2 is 1.94 bits per heavy atom. The number of likely N-dealkylation sites (N-methyl/N-ethyl adjacent to an activating group) is 1. The molecular weight excluding hydrogens is 312 g/mol. The second-order valence-corrected chi connectivity index (χ2v) is 4.60. The summed E-state index contributed by atoms with van der Waals surface area (Å²) in [5, 5.41) is 2.99. The van der Waals surface area contributed by atoms with E-state index in [0.29, 0.717) is 10.0 Å². The average Bonchev–Trinajstić information content (AvgIpc) is 2.34. The third-order valence-corrected chi connectivity index (χ3v) is 3.71. The van der Waals surface area contributed by atoms with Crippen molar-refractivity contribution in [3.8, 4) is 0 Å². The van der Waals surface area contributed by atoms with Gasteiger partial charge in [0, 0.05) is 24.3 Å². The normalized spacial score (nSPS) is 13.1. The zero-order valence-corrected chi connectivity index (χ0v) is 12.1. The summed E-state index contributed by atoms with van der Waals surface area (Å²) in [4.78, 5) is 0. The van der Waals surface area contributed by atoms with Crippen LogP contribution in [0, 0.1) is 5.82 Å². The van der Waals surface area contributed by atoms with Crippen molar-refractivity contribution in [3.63, 3.8) is 0 Å². The van der Waals surface area contributed by atoms with Gasteiger partial charge in [0.05, 0.1) is 11.1 Å². The van der Waals surface area contributed by atoms with Gasteiger partial charge in [-0.2, -0.15) is 0 Å². The average molecular weight is 327 g/mol. The molecular formula is C11H14BrClFNO2. The van der Waals surface area contributed by atoms with Crippen LogP contribution in [0.15, 0.2) is 16.6 Å². The van der Waals surface area contributed by atoms with Crippen LogP contribution >= 0.6 is 27.5 Å². The van der Waals surface area contributed by atoms with E-state index in [0.717, 1.165) is 0 Å². The number of hydrogen-bond donors (Lipinski definition) is 1. The van der Waals surface area contributed by atoms with Crippen LogP contribution in [0.1, 0.15) is 11.6 Å². The molecule has 0 radical (unpaired) electrons. The second kappa shape index (κ2) is 6.66. The summed E-state index contributed by atoms with van der Waals surface area (Å²) >= 11 is 9.01. The maximum absolute atomic E-state index is 14.0. The molecule has 0 aliphatic rings. The van der Waals surface area contributed by atoms with Gasteiger partial charge in [-0.1, -0.05) is 17.7 Å². The molecule has 1 aromatic rings. The van der Waals surface area contributed by atoms with E-state index in [2.05, 4.69) is 21.2 Å². The third-order valence-electron chi connectivity index (χ3n) is 2.45. The molecule has 1 unspecified atom stereocenters. The monoisotopic (exact) mass is 325 g/mol. The highest BCUT2D eigenvalue weighted by atomic mass is 79.9. The summed E-state index contributed by atoms with van der Waals surface area (Å²) in [6, 6.07) is 2.89. The summed E-state index contributed by atoms with van der Waals surface area (Å²) in [5.41, 5.74) is 0.398. The Bertz CT molecular complexity index is 388. The van der Waals surface area contributed by atoms with Gasteiger partial charge in [-0.3, -0.25) is 0 Å². The molecule has 0 spiro atoms. The molecule has 1 atom stereocenters. The molecule has 17 heavy (non-hydrogen) atoms. The Morgan fingerprint density at radius 3 is 2.41 bits per heavy atom. The largest absolute Gasteiger partial charge is 0.354 e. The molecule has 0 aromatic heterocycles. The lowest BCUT2D eigenvalue weighted by atomic mass is 10.1. The second-order valence-electron chi connectivity index (χ2n) is 3.37. The van der Waals surface area contributed by atoms with Gasteiger partial charge in [0.1, 0.15) is 5.82 Å². The van der Waals surface area contributed by atoms with Crippen molar-refractivity contribution in [3.05, 3.63) is 33.0 Å². The molecule has 0 aliphatic heterocycles. The van der Waals surface area contributed by atoms with Crippen LogP contribution in [-0.2, 0) is 9.47 Å². The highest BCUT2D eigenvalue weighted by Gasteiger charge is 2.25. The standard InChI is InChI=1S/C11H14BrClFNO2/c1-15-10(11(16-2)17-3)6-4-5-7(12)8(13)9(6)14/h4-5,10-11,15H,1-3H3. The van der Waals surface area contributed by atoms with E-state index in [9.17, 15) is 4.39 Å². The molecule has 0 bridgehead atoms. The first kappa shape index (κ1) is 14.9. The predicted molar refractivity (Wildman–Crippen MR) is 68.7 cm³/mol. The fourth-order valence-corrected chi connectivity index (χ4v) is 2.07. The number of halogens is 3. The third kappa shape index (κ3) is 3.17.